The van der Waals surface area contributed by atoms with Crippen molar-refractivity contribution < 1.29 is 9.84 Å². The van der Waals surface area contributed by atoms with Crippen LogP contribution in [0.25, 0.3) is 0 Å². The summed E-state index contributed by atoms with van der Waals surface area (Å²) in [7, 11) is 0. The summed E-state index contributed by atoms with van der Waals surface area (Å²) in [6.07, 6.45) is 4.52. The maximum Gasteiger partial charge on any atom is 0.0951 e. The van der Waals surface area contributed by atoms with E-state index in [0.29, 0.717) is 6.04 Å². The molecule has 0 spiro atoms. The van der Waals surface area contributed by atoms with Crippen LogP contribution < -0.4 is 0 Å². The Labute approximate surface area is 139 Å². The van der Waals surface area contributed by atoms with Crippen molar-refractivity contribution >= 4 is 0 Å². The number of morpholine rings is 1. The van der Waals surface area contributed by atoms with E-state index in [1.165, 1.54) is 24.8 Å². The van der Waals surface area contributed by atoms with Gasteiger partial charge in [-0.2, -0.15) is 0 Å². The van der Waals surface area contributed by atoms with Gasteiger partial charge in [0.15, 0.2) is 0 Å². The van der Waals surface area contributed by atoms with Gasteiger partial charge in [0.05, 0.1) is 19.3 Å². The van der Waals surface area contributed by atoms with Crippen LogP contribution in [0.4, 0.5) is 0 Å². The van der Waals surface area contributed by atoms with Gasteiger partial charge in [0.2, 0.25) is 0 Å². The Morgan fingerprint density at radius 2 is 1.91 bits per heavy atom. The first-order valence-electron chi connectivity index (χ1n) is 9.14. The highest BCUT2D eigenvalue weighted by molar-refractivity contribution is 5.36. The van der Waals surface area contributed by atoms with Crippen LogP contribution in [0.1, 0.15) is 36.5 Å². The van der Waals surface area contributed by atoms with Crippen molar-refractivity contribution in [3.63, 3.8) is 0 Å². The molecule has 3 unspecified atom stereocenters. The Bertz CT molecular complexity index is 530. The van der Waals surface area contributed by atoms with Gasteiger partial charge in [0.25, 0.3) is 0 Å². The van der Waals surface area contributed by atoms with Gasteiger partial charge in [-0.05, 0) is 36.9 Å². The summed E-state index contributed by atoms with van der Waals surface area (Å²) in [5, 5.41) is 10.8. The molecule has 0 amide bonds. The van der Waals surface area contributed by atoms with Crippen LogP contribution in [0, 0.1) is 0 Å². The number of fused-ring (bicyclic) bond motifs is 1. The molecule has 1 N–H and O–H groups in total. The lowest BCUT2D eigenvalue weighted by atomic mass is 9.97. The van der Waals surface area contributed by atoms with E-state index in [9.17, 15) is 5.11 Å². The highest BCUT2D eigenvalue weighted by Gasteiger charge is 2.39. The van der Waals surface area contributed by atoms with Gasteiger partial charge in [-0.3, -0.25) is 9.80 Å². The molecule has 2 fully saturated rings. The molecule has 3 aliphatic rings. The van der Waals surface area contributed by atoms with E-state index in [4.69, 9.17) is 4.74 Å². The predicted molar refractivity (Wildman–Crippen MR) is 90.5 cm³/mol. The molecule has 4 nitrogen and oxygen atoms in total. The van der Waals surface area contributed by atoms with E-state index < -0.39 is 0 Å². The quantitative estimate of drug-likeness (QED) is 0.923. The number of hydrogen-bond donors (Lipinski definition) is 1. The normalized spacial score (nSPS) is 32.8. The van der Waals surface area contributed by atoms with Crippen molar-refractivity contribution in [3.8, 4) is 0 Å². The molecule has 1 aromatic carbocycles. The maximum absolute atomic E-state index is 10.8. The van der Waals surface area contributed by atoms with Crippen molar-refractivity contribution in [2.75, 3.05) is 39.4 Å². The number of piperidine rings is 1. The average Bonchev–Trinajstić information content (AvgIpc) is 2.94. The molecule has 1 aliphatic carbocycles. The second-order valence-corrected chi connectivity index (χ2v) is 7.22. The molecule has 23 heavy (non-hydrogen) atoms. The number of ether oxygens (including phenoxy) is 1. The second kappa shape index (κ2) is 6.89. The van der Waals surface area contributed by atoms with Gasteiger partial charge in [-0.15, -0.1) is 0 Å². The van der Waals surface area contributed by atoms with Crippen LogP contribution >= 0.6 is 0 Å². The lowest BCUT2D eigenvalue weighted by Crippen LogP contribution is -2.53. The average molecular weight is 316 g/mol. The van der Waals surface area contributed by atoms with Gasteiger partial charge in [0, 0.05) is 31.7 Å². The fourth-order valence-electron chi connectivity index (χ4n) is 4.59. The molecule has 2 aliphatic heterocycles. The van der Waals surface area contributed by atoms with E-state index >= 15 is 0 Å². The third kappa shape index (κ3) is 3.18. The standard InChI is InChI=1S/C19H28N2O2/c22-19-17-7-2-1-5-15(17)13-18(19)21-8-4-3-6-16(21)14-20-9-11-23-12-10-20/h1-2,5,7,16,18-19,22H,3-4,6,8-14H2. The summed E-state index contributed by atoms with van der Waals surface area (Å²) < 4.78 is 5.48. The number of benzene rings is 1. The Kier molecular flexibility index (Phi) is 4.67. The fraction of sp³-hybridized carbons (Fsp3) is 0.684. The molecule has 126 valence electrons. The lowest BCUT2D eigenvalue weighted by molar-refractivity contribution is -0.0155. The molecule has 4 rings (SSSR count). The number of nitrogens with zero attached hydrogens (tertiary/aromatic N) is 2. The molecule has 0 bridgehead atoms. The fourth-order valence-corrected chi connectivity index (χ4v) is 4.59. The largest absolute Gasteiger partial charge is 0.387 e. The number of rotatable bonds is 3. The molecule has 0 radical (unpaired) electrons. The highest BCUT2D eigenvalue weighted by atomic mass is 16.5. The minimum absolute atomic E-state index is 0.263. The van der Waals surface area contributed by atoms with Gasteiger partial charge < -0.3 is 9.84 Å². The van der Waals surface area contributed by atoms with Crippen molar-refractivity contribution in [1.29, 1.82) is 0 Å². The zero-order valence-corrected chi connectivity index (χ0v) is 13.9. The molecule has 0 saturated carbocycles. The van der Waals surface area contributed by atoms with E-state index in [2.05, 4.69) is 28.0 Å². The smallest absolute Gasteiger partial charge is 0.0951 e. The Morgan fingerprint density at radius 3 is 2.74 bits per heavy atom. The zero-order chi connectivity index (χ0) is 15.6. The van der Waals surface area contributed by atoms with Crippen LogP contribution in [0.15, 0.2) is 24.3 Å². The summed E-state index contributed by atoms with van der Waals surface area (Å²) in [5.41, 5.74) is 2.48. The first kappa shape index (κ1) is 15.6. The van der Waals surface area contributed by atoms with Crippen molar-refractivity contribution in [2.45, 2.75) is 43.9 Å². The van der Waals surface area contributed by atoms with Gasteiger partial charge in [-0.1, -0.05) is 30.7 Å². The first-order valence-corrected chi connectivity index (χ1v) is 9.14. The summed E-state index contributed by atoms with van der Waals surface area (Å²) >= 11 is 0. The molecule has 4 heteroatoms. The molecule has 1 aromatic rings. The van der Waals surface area contributed by atoms with Gasteiger partial charge in [0.1, 0.15) is 0 Å². The van der Waals surface area contributed by atoms with Gasteiger partial charge in [-0.25, -0.2) is 0 Å². The molecule has 2 heterocycles. The van der Waals surface area contributed by atoms with E-state index in [0.717, 1.165) is 51.4 Å². The van der Waals surface area contributed by atoms with E-state index in [1.54, 1.807) is 0 Å². The summed E-state index contributed by atoms with van der Waals surface area (Å²) in [6, 6.07) is 9.26. The summed E-state index contributed by atoms with van der Waals surface area (Å²) in [4.78, 5) is 5.16. The zero-order valence-electron chi connectivity index (χ0n) is 13.9. The van der Waals surface area contributed by atoms with E-state index in [1.807, 2.05) is 6.07 Å². The Balaban J connectivity index is 1.47. The third-order valence-electron chi connectivity index (χ3n) is 5.84. The minimum atomic E-state index is -0.323. The third-order valence-corrected chi connectivity index (χ3v) is 5.84. The number of aliphatic hydroxyl groups is 1. The number of hydrogen-bond acceptors (Lipinski definition) is 4. The monoisotopic (exact) mass is 316 g/mol. The highest BCUT2D eigenvalue weighted by Crippen LogP contribution is 2.37. The second-order valence-electron chi connectivity index (χ2n) is 7.22. The van der Waals surface area contributed by atoms with E-state index in [-0.39, 0.29) is 12.1 Å². The van der Waals surface area contributed by atoms with Crippen molar-refractivity contribution in [1.82, 2.24) is 9.80 Å². The molecule has 0 aromatic heterocycles. The van der Waals surface area contributed by atoms with Crippen LogP contribution in [0.2, 0.25) is 0 Å². The van der Waals surface area contributed by atoms with Crippen LogP contribution in [-0.2, 0) is 11.2 Å². The Hall–Kier alpha value is -0.940. The topological polar surface area (TPSA) is 35.9 Å². The predicted octanol–water partition coefficient (Wildman–Crippen LogP) is 1.83. The van der Waals surface area contributed by atoms with Crippen LogP contribution in [-0.4, -0.2) is 66.4 Å². The Morgan fingerprint density at radius 1 is 1.09 bits per heavy atom. The summed E-state index contributed by atoms with van der Waals surface area (Å²) in [5.74, 6) is 0. The number of likely N-dealkylation sites (tertiary alicyclic amines) is 1. The molecule has 3 atom stereocenters. The van der Waals surface area contributed by atoms with Crippen LogP contribution in [0.5, 0.6) is 0 Å². The minimum Gasteiger partial charge on any atom is -0.387 e. The molecular formula is C19H28N2O2. The lowest BCUT2D eigenvalue weighted by Gasteiger charge is -2.43. The van der Waals surface area contributed by atoms with Crippen molar-refractivity contribution in [2.24, 2.45) is 0 Å². The maximum atomic E-state index is 10.8. The summed E-state index contributed by atoms with van der Waals surface area (Å²) in [6.45, 7) is 6.09. The van der Waals surface area contributed by atoms with Crippen molar-refractivity contribution in [3.05, 3.63) is 35.4 Å². The SMILES string of the molecule is OC1c2ccccc2CC1N1CCCCC1CN1CCOCC1. The van der Waals surface area contributed by atoms with Crippen LogP contribution in [0.3, 0.4) is 0 Å². The molecular weight excluding hydrogens is 288 g/mol. The number of aliphatic hydroxyl groups excluding tert-OH is 1. The molecule has 2 saturated heterocycles. The first-order chi connectivity index (χ1) is 11.3. The van der Waals surface area contributed by atoms with Gasteiger partial charge >= 0.3 is 0 Å².